The lowest BCUT2D eigenvalue weighted by molar-refractivity contribution is -0.137. The summed E-state index contributed by atoms with van der Waals surface area (Å²) in [4.78, 5) is 16.8. The van der Waals surface area contributed by atoms with Gasteiger partial charge >= 0.3 is 22.5 Å². The molecule has 0 saturated heterocycles. The van der Waals surface area contributed by atoms with Crippen LogP contribution in [0.2, 0.25) is 10.0 Å². The molecule has 0 aliphatic rings. The molecule has 0 aliphatic heterocycles. The van der Waals surface area contributed by atoms with Gasteiger partial charge in [-0.25, -0.2) is 9.67 Å². The van der Waals surface area contributed by atoms with Crippen LogP contribution in [-0.4, -0.2) is 41.0 Å². The van der Waals surface area contributed by atoms with Crippen LogP contribution in [0, 0.1) is 6.92 Å². The van der Waals surface area contributed by atoms with Crippen molar-refractivity contribution in [2.24, 2.45) is 0 Å². The number of nitrogens with zero attached hydrogens (tertiary/aromatic N) is 3. The van der Waals surface area contributed by atoms with Crippen molar-refractivity contribution in [2.75, 3.05) is 11.1 Å². The van der Waals surface area contributed by atoms with Gasteiger partial charge in [-0.15, -0.1) is 0 Å². The summed E-state index contributed by atoms with van der Waals surface area (Å²) in [6.07, 6.45) is -10.3. The first-order valence-corrected chi connectivity index (χ1v) is 14.3. The summed E-state index contributed by atoms with van der Waals surface area (Å²) in [7, 11) is -4.55. The predicted molar refractivity (Wildman–Crippen MR) is 146 cm³/mol. The van der Waals surface area contributed by atoms with Crippen molar-refractivity contribution in [3.63, 3.8) is 0 Å². The first-order valence-electron chi connectivity index (χ1n) is 11.9. The van der Waals surface area contributed by atoms with Crippen molar-refractivity contribution in [1.82, 2.24) is 14.8 Å². The maximum Gasteiger partial charge on any atom is 0.417 e. The number of aromatic nitrogens is 3. The number of pyridine rings is 1. The highest BCUT2D eigenvalue weighted by molar-refractivity contribution is 7.87. The molecule has 2 aromatic carbocycles. The zero-order valence-electron chi connectivity index (χ0n) is 21.6. The van der Waals surface area contributed by atoms with Crippen LogP contribution in [0.3, 0.4) is 0 Å². The number of hydrogen-bond acceptors (Lipinski definition) is 6. The molecule has 0 spiro atoms. The Bertz CT molecular complexity index is 1760. The van der Waals surface area contributed by atoms with E-state index in [1.54, 1.807) is 0 Å². The Hall–Kier alpha value is -3.82. The minimum absolute atomic E-state index is 0.142. The smallest absolute Gasteiger partial charge is 0.382 e. The summed E-state index contributed by atoms with van der Waals surface area (Å²) in [5.74, 6) is -2.52. The second-order valence-corrected chi connectivity index (χ2v) is 11.5. The maximum atomic E-state index is 13.2. The van der Waals surface area contributed by atoms with E-state index in [1.807, 2.05) is 0 Å². The molecule has 0 fully saturated rings. The largest absolute Gasteiger partial charge is 0.417 e. The van der Waals surface area contributed by atoms with E-state index in [1.165, 1.54) is 54.1 Å². The normalized spacial score (nSPS) is 12.3. The Morgan fingerprint density at radius 3 is 2.23 bits per heavy atom. The Morgan fingerprint density at radius 1 is 1.00 bits per heavy atom. The number of rotatable bonds is 8. The number of carbonyl (C=O) groups is 1. The van der Waals surface area contributed by atoms with Gasteiger partial charge in [-0.2, -0.15) is 39.9 Å². The van der Waals surface area contributed by atoms with Crippen LogP contribution >= 0.6 is 23.2 Å². The Morgan fingerprint density at radius 2 is 1.67 bits per heavy atom. The van der Waals surface area contributed by atoms with Crippen molar-refractivity contribution in [1.29, 1.82) is 0 Å². The Labute approximate surface area is 250 Å². The molecule has 4 rings (SSSR count). The van der Waals surface area contributed by atoms with Gasteiger partial charge in [0.1, 0.15) is 11.6 Å². The Kier molecular flexibility index (Phi) is 9.00. The van der Waals surface area contributed by atoms with E-state index in [2.05, 4.69) is 15.4 Å². The number of nitrogens with one attached hydrogen (secondary N) is 1. The molecule has 0 atom stereocenters. The van der Waals surface area contributed by atoms with Gasteiger partial charge in [-0.3, -0.25) is 4.79 Å². The summed E-state index contributed by atoms with van der Waals surface area (Å²) in [6, 6.07) is 11.4. The van der Waals surface area contributed by atoms with Crippen LogP contribution in [0.25, 0.3) is 16.9 Å². The first kappa shape index (κ1) is 32.1. The molecule has 1 N–H and O–H groups in total. The molecule has 2 aromatic heterocycles. The fourth-order valence-corrected chi connectivity index (χ4v) is 5.24. The van der Waals surface area contributed by atoms with Crippen LogP contribution in [0.1, 0.15) is 28.0 Å². The van der Waals surface area contributed by atoms with Gasteiger partial charge < -0.3 is 9.50 Å². The van der Waals surface area contributed by atoms with Gasteiger partial charge in [0.2, 0.25) is 0 Å². The highest BCUT2D eigenvalue weighted by Crippen LogP contribution is 2.34. The summed E-state index contributed by atoms with van der Waals surface area (Å²) < 4.78 is 106. The molecule has 17 heteroatoms. The number of carbonyl (C=O) groups excluding carboxylic acids is 1. The van der Waals surface area contributed by atoms with Gasteiger partial charge in [-0.05, 0) is 61.5 Å². The summed E-state index contributed by atoms with van der Waals surface area (Å²) in [6.45, 7) is 1.53. The molecule has 8 nitrogen and oxygen atoms in total. The van der Waals surface area contributed by atoms with Crippen LogP contribution in [0.4, 0.5) is 32.2 Å². The SMILES string of the molecule is Cc1c(C(=O)Nc2ccc(C(F)(F)F)cn2)nn(-c2ccc(Cl)cc2Cl)c1-c1ccc(OS(=O)(=O)CCC(F)(F)F)cc1. The monoisotopic (exact) mass is 666 g/mol. The van der Waals surface area contributed by atoms with Crippen LogP contribution in [0.15, 0.2) is 60.8 Å². The molecule has 0 aliphatic carbocycles. The number of benzene rings is 2. The van der Waals surface area contributed by atoms with Gasteiger partial charge in [0, 0.05) is 22.3 Å². The molecule has 2 heterocycles. The van der Waals surface area contributed by atoms with E-state index in [0.717, 1.165) is 12.1 Å². The number of alkyl halides is 6. The van der Waals surface area contributed by atoms with Gasteiger partial charge in [0.05, 0.1) is 34.1 Å². The summed E-state index contributed by atoms with van der Waals surface area (Å²) >= 11 is 12.4. The van der Waals surface area contributed by atoms with Crippen LogP contribution in [0.5, 0.6) is 5.75 Å². The molecule has 1 amide bonds. The minimum Gasteiger partial charge on any atom is -0.382 e. The van der Waals surface area contributed by atoms with Crippen LogP contribution in [-0.2, 0) is 16.3 Å². The van der Waals surface area contributed by atoms with Crippen molar-refractivity contribution in [2.45, 2.75) is 25.7 Å². The quantitative estimate of drug-likeness (QED) is 0.154. The topological polar surface area (TPSA) is 103 Å². The van der Waals surface area contributed by atoms with Gasteiger partial charge in [0.15, 0.2) is 5.69 Å². The molecule has 0 saturated carbocycles. The summed E-state index contributed by atoms with van der Waals surface area (Å²) in [5, 5.41) is 7.20. The lowest BCUT2D eigenvalue weighted by Crippen LogP contribution is -2.20. The second kappa shape index (κ2) is 12.1. The molecule has 0 bridgehead atoms. The van der Waals surface area contributed by atoms with Crippen molar-refractivity contribution in [3.8, 4) is 22.7 Å². The zero-order chi connectivity index (χ0) is 31.7. The van der Waals surface area contributed by atoms with E-state index < -0.39 is 46.1 Å². The van der Waals surface area contributed by atoms with E-state index in [0.29, 0.717) is 22.5 Å². The fraction of sp³-hybridized carbons (Fsp3) is 0.192. The third kappa shape index (κ3) is 7.97. The highest BCUT2D eigenvalue weighted by Gasteiger charge is 2.32. The van der Waals surface area contributed by atoms with Gasteiger partial charge in [0.25, 0.3) is 5.91 Å². The van der Waals surface area contributed by atoms with E-state index in [4.69, 9.17) is 27.4 Å². The first-order chi connectivity index (χ1) is 19.9. The predicted octanol–water partition coefficient (Wildman–Crippen LogP) is 7.48. The average molecular weight is 667 g/mol. The lowest BCUT2D eigenvalue weighted by Gasteiger charge is -2.12. The molecule has 228 valence electrons. The maximum absolute atomic E-state index is 13.2. The minimum atomic E-state index is -4.69. The zero-order valence-corrected chi connectivity index (χ0v) is 23.9. The number of anilines is 1. The number of amides is 1. The highest BCUT2D eigenvalue weighted by atomic mass is 35.5. The van der Waals surface area contributed by atoms with E-state index in [9.17, 15) is 39.6 Å². The molecular weight excluding hydrogens is 649 g/mol. The second-order valence-electron chi connectivity index (χ2n) is 8.95. The molecule has 4 aromatic rings. The number of hydrogen-bond donors (Lipinski definition) is 1. The van der Waals surface area contributed by atoms with Crippen molar-refractivity contribution in [3.05, 3.63) is 87.7 Å². The average Bonchev–Trinajstić information content (AvgIpc) is 3.24. The van der Waals surface area contributed by atoms with E-state index in [-0.39, 0.29) is 33.5 Å². The van der Waals surface area contributed by atoms with Crippen molar-refractivity contribution >= 4 is 45.0 Å². The third-order valence-electron chi connectivity index (χ3n) is 5.79. The molecule has 43 heavy (non-hydrogen) atoms. The van der Waals surface area contributed by atoms with Gasteiger partial charge in [-0.1, -0.05) is 23.2 Å². The Balaban J connectivity index is 1.69. The fourth-order valence-electron chi connectivity index (χ4n) is 3.79. The van der Waals surface area contributed by atoms with E-state index >= 15 is 0 Å². The lowest BCUT2D eigenvalue weighted by atomic mass is 10.1. The van der Waals surface area contributed by atoms with Crippen molar-refractivity contribution < 1.29 is 43.7 Å². The molecule has 0 unspecified atom stereocenters. The standard InChI is InChI=1S/C26H18Cl2F6N4O4S/c1-14-22(24(39)36-21-9-4-16(13-35-21)26(32,33)34)37-38(20-8-5-17(27)12-19(20)28)23(14)15-2-6-18(7-3-15)42-43(40,41)11-10-25(29,30)31/h2-9,12-13H,10-11H2,1H3,(H,35,36,39). The third-order valence-corrected chi connectivity index (χ3v) is 7.48. The molecule has 0 radical (unpaired) electrons. The summed E-state index contributed by atoms with van der Waals surface area (Å²) in [5.41, 5.74) is 0.0563. The molecular formula is C26H18Cl2F6N4O4S. The number of halogens is 8. The van der Waals surface area contributed by atoms with Crippen LogP contribution < -0.4 is 9.50 Å².